The molecule has 2 atom stereocenters. The summed E-state index contributed by atoms with van der Waals surface area (Å²) in [6, 6.07) is 0.601. The molecule has 1 saturated heterocycles. The number of hydrogen-bond donors (Lipinski definition) is 0. The van der Waals surface area contributed by atoms with E-state index in [-0.39, 0.29) is 0 Å². The molecule has 0 aliphatic carbocycles. The molecule has 1 fully saturated rings. The molecule has 0 amide bonds. The number of aryl methyl sites for hydroxylation is 1. The van der Waals surface area contributed by atoms with Gasteiger partial charge in [-0.05, 0) is 32.7 Å². The van der Waals surface area contributed by atoms with Crippen LogP contribution >= 0.6 is 22.9 Å². The molecule has 15 heavy (non-hydrogen) atoms. The average Bonchev–Trinajstić information content (AvgIpc) is 2.76. The molecule has 0 aromatic carbocycles. The Morgan fingerprint density at radius 2 is 2.47 bits per heavy atom. The second kappa shape index (κ2) is 4.81. The van der Waals surface area contributed by atoms with Gasteiger partial charge in [-0.15, -0.1) is 22.9 Å². The summed E-state index contributed by atoms with van der Waals surface area (Å²) >= 11 is 7.67. The van der Waals surface area contributed by atoms with Crippen molar-refractivity contribution >= 4 is 22.9 Å². The van der Waals surface area contributed by atoms with Crippen LogP contribution in [0.25, 0.3) is 0 Å². The van der Waals surface area contributed by atoms with E-state index in [2.05, 4.69) is 29.1 Å². The summed E-state index contributed by atoms with van der Waals surface area (Å²) in [5.74, 6) is 1.44. The molecule has 2 nitrogen and oxygen atoms in total. The summed E-state index contributed by atoms with van der Waals surface area (Å²) in [4.78, 5) is 6.99. The molecule has 0 radical (unpaired) electrons. The van der Waals surface area contributed by atoms with Gasteiger partial charge in [-0.3, -0.25) is 4.90 Å². The average molecular weight is 245 g/mol. The van der Waals surface area contributed by atoms with Gasteiger partial charge in [0.25, 0.3) is 0 Å². The van der Waals surface area contributed by atoms with Gasteiger partial charge >= 0.3 is 0 Å². The van der Waals surface area contributed by atoms with Gasteiger partial charge in [0.15, 0.2) is 0 Å². The summed E-state index contributed by atoms with van der Waals surface area (Å²) in [5, 5.41) is 3.32. The fourth-order valence-electron chi connectivity index (χ4n) is 2.19. The molecule has 1 aliphatic heterocycles. The van der Waals surface area contributed by atoms with E-state index in [1.54, 1.807) is 11.3 Å². The fourth-order valence-corrected chi connectivity index (χ4v) is 3.21. The van der Waals surface area contributed by atoms with Gasteiger partial charge in [0.05, 0.1) is 10.7 Å². The summed E-state index contributed by atoms with van der Waals surface area (Å²) in [5.41, 5.74) is 1.21. The number of hydrogen-bond acceptors (Lipinski definition) is 3. The van der Waals surface area contributed by atoms with E-state index in [4.69, 9.17) is 11.6 Å². The molecule has 1 aromatic rings. The van der Waals surface area contributed by atoms with Crippen LogP contribution in [0.5, 0.6) is 0 Å². The van der Waals surface area contributed by atoms with Crippen molar-refractivity contribution in [2.75, 3.05) is 12.4 Å². The minimum absolute atomic E-state index is 0.601. The molecule has 0 spiro atoms. The van der Waals surface area contributed by atoms with Crippen molar-refractivity contribution < 1.29 is 0 Å². The van der Waals surface area contributed by atoms with E-state index in [0.717, 1.165) is 24.0 Å². The van der Waals surface area contributed by atoms with Crippen LogP contribution in [0, 0.1) is 12.8 Å². The van der Waals surface area contributed by atoms with Crippen LogP contribution in [0.1, 0.15) is 24.0 Å². The predicted molar refractivity (Wildman–Crippen MR) is 65.6 cm³/mol. The molecule has 84 valence electrons. The van der Waals surface area contributed by atoms with E-state index >= 15 is 0 Å². The highest BCUT2D eigenvalue weighted by molar-refractivity contribution is 7.09. The van der Waals surface area contributed by atoms with Gasteiger partial charge in [0, 0.05) is 23.8 Å². The van der Waals surface area contributed by atoms with E-state index < -0.39 is 0 Å². The molecule has 4 heteroatoms. The van der Waals surface area contributed by atoms with Crippen LogP contribution in [-0.2, 0) is 6.54 Å². The Hall–Kier alpha value is -0.120. The van der Waals surface area contributed by atoms with Crippen molar-refractivity contribution in [1.82, 2.24) is 9.88 Å². The third-order valence-corrected chi connectivity index (χ3v) is 4.49. The summed E-state index contributed by atoms with van der Waals surface area (Å²) in [6.45, 7) is 6.48. The van der Waals surface area contributed by atoms with Crippen LogP contribution < -0.4 is 0 Å². The normalized spacial score (nSPS) is 27.4. The lowest BCUT2D eigenvalue weighted by Gasteiger charge is -2.22. The minimum atomic E-state index is 0.601. The summed E-state index contributed by atoms with van der Waals surface area (Å²) in [7, 11) is 0. The minimum Gasteiger partial charge on any atom is -0.294 e. The zero-order valence-electron chi connectivity index (χ0n) is 9.24. The van der Waals surface area contributed by atoms with E-state index in [1.807, 2.05) is 0 Å². The standard InChI is InChI=1S/C11H17ClN2S/c1-8-10(5-12)3-4-14(8)6-11-7-15-9(2)13-11/h7-8,10H,3-6H2,1-2H3. The number of nitrogens with zero attached hydrogens (tertiary/aromatic N) is 2. The first-order valence-electron chi connectivity index (χ1n) is 5.41. The maximum Gasteiger partial charge on any atom is 0.0897 e. The Morgan fingerprint density at radius 3 is 3.00 bits per heavy atom. The first-order valence-corrected chi connectivity index (χ1v) is 6.83. The van der Waals surface area contributed by atoms with Crippen molar-refractivity contribution in [3.63, 3.8) is 0 Å². The molecule has 0 bridgehead atoms. The number of alkyl halides is 1. The number of thiazole rings is 1. The Labute approximate surface area is 100 Å². The van der Waals surface area contributed by atoms with Gasteiger partial charge in [-0.2, -0.15) is 0 Å². The Balaban J connectivity index is 1.96. The van der Waals surface area contributed by atoms with Crippen molar-refractivity contribution in [2.24, 2.45) is 5.92 Å². The van der Waals surface area contributed by atoms with Gasteiger partial charge in [0.2, 0.25) is 0 Å². The number of halogens is 1. The van der Waals surface area contributed by atoms with Crippen molar-refractivity contribution in [3.05, 3.63) is 16.1 Å². The number of likely N-dealkylation sites (tertiary alicyclic amines) is 1. The first-order chi connectivity index (χ1) is 7.20. The first kappa shape index (κ1) is 11.4. The fraction of sp³-hybridized carbons (Fsp3) is 0.727. The predicted octanol–water partition coefficient (Wildman–Crippen LogP) is 2.90. The second-order valence-electron chi connectivity index (χ2n) is 4.27. The zero-order valence-corrected chi connectivity index (χ0v) is 10.8. The van der Waals surface area contributed by atoms with Crippen LogP contribution in [-0.4, -0.2) is 28.4 Å². The second-order valence-corrected chi connectivity index (χ2v) is 5.64. The lowest BCUT2D eigenvalue weighted by molar-refractivity contribution is 0.238. The van der Waals surface area contributed by atoms with Gasteiger partial charge in [-0.25, -0.2) is 4.98 Å². The van der Waals surface area contributed by atoms with Crippen LogP contribution in [0.2, 0.25) is 0 Å². The topological polar surface area (TPSA) is 16.1 Å². The molecule has 0 N–H and O–H groups in total. The monoisotopic (exact) mass is 244 g/mol. The highest BCUT2D eigenvalue weighted by atomic mass is 35.5. The Morgan fingerprint density at radius 1 is 1.67 bits per heavy atom. The number of aromatic nitrogens is 1. The molecule has 1 aromatic heterocycles. The molecule has 0 saturated carbocycles. The molecule has 1 aliphatic rings. The third kappa shape index (κ3) is 2.52. The molecule has 2 unspecified atom stereocenters. The zero-order chi connectivity index (χ0) is 10.8. The van der Waals surface area contributed by atoms with Crippen molar-refractivity contribution in [2.45, 2.75) is 32.9 Å². The lowest BCUT2D eigenvalue weighted by Crippen LogP contribution is -2.30. The number of rotatable bonds is 3. The molecular weight excluding hydrogens is 228 g/mol. The molecule has 2 rings (SSSR count). The lowest BCUT2D eigenvalue weighted by atomic mass is 10.1. The Kier molecular flexibility index (Phi) is 3.65. The van der Waals surface area contributed by atoms with Crippen LogP contribution in [0.4, 0.5) is 0 Å². The smallest absolute Gasteiger partial charge is 0.0897 e. The van der Waals surface area contributed by atoms with E-state index in [0.29, 0.717) is 12.0 Å². The maximum atomic E-state index is 5.93. The third-order valence-electron chi connectivity index (χ3n) is 3.28. The van der Waals surface area contributed by atoms with Crippen LogP contribution in [0.3, 0.4) is 0 Å². The summed E-state index contributed by atoms with van der Waals surface area (Å²) < 4.78 is 0. The molecular formula is C11H17ClN2S. The quantitative estimate of drug-likeness (QED) is 0.761. The van der Waals surface area contributed by atoms with Crippen LogP contribution in [0.15, 0.2) is 5.38 Å². The summed E-state index contributed by atoms with van der Waals surface area (Å²) in [6.07, 6.45) is 1.23. The maximum absolute atomic E-state index is 5.93. The van der Waals surface area contributed by atoms with Gasteiger partial charge in [-0.1, -0.05) is 0 Å². The largest absolute Gasteiger partial charge is 0.294 e. The Bertz CT molecular complexity index is 326. The SMILES string of the molecule is Cc1nc(CN2CCC(CCl)C2C)cs1. The van der Waals surface area contributed by atoms with Crippen molar-refractivity contribution in [1.29, 1.82) is 0 Å². The van der Waals surface area contributed by atoms with Gasteiger partial charge in [0.1, 0.15) is 0 Å². The molecule has 2 heterocycles. The van der Waals surface area contributed by atoms with Crippen molar-refractivity contribution in [3.8, 4) is 0 Å². The van der Waals surface area contributed by atoms with E-state index in [1.165, 1.54) is 12.1 Å². The highest BCUT2D eigenvalue weighted by Gasteiger charge is 2.29. The van der Waals surface area contributed by atoms with E-state index in [9.17, 15) is 0 Å². The van der Waals surface area contributed by atoms with Gasteiger partial charge < -0.3 is 0 Å². The highest BCUT2D eigenvalue weighted by Crippen LogP contribution is 2.26.